The SMILES string of the molecule is CCCCCCCOC(=O)C(C)(C)C(=O)OC(CC1C=CCCC1)c1ccccc1. The molecule has 2 rings (SSSR count). The first-order valence-electron chi connectivity index (χ1n) is 11.5. The van der Waals surface area contributed by atoms with Crippen LogP contribution < -0.4 is 0 Å². The van der Waals surface area contributed by atoms with E-state index in [4.69, 9.17) is 9.47 Å². The summed E-state index contributed by atoms with van der Waals surface area (Å²) in [6.07, 6.45) is 13.6. The molecule has 4 heteroatoms. The van der Waals surface area contributed by atoms with E-state index in [0.717, 1.165) is 50.5 Å². The van der Waals surface area contributed by atoms with Crippen LogP contribution in [0.2, 0.25) is 0 Å². The lowest BCUT2D eigenvalue weighted by atomic mass is 9.88. The van der Waals surface area contributed by atoms with Crippen molar-refractivity contribution >= 4 is 11.9 Å². The van der Waals surface area contributed by atoms with E-state index in [9.17, 15) is 9.59 Å². The molecule has 1 aromatic carbocycles. The first-order valence-corrected chi connectivity index (χ1v) is 11.5. The van der Waals surface area contributed by atoms with Crippen molar-refractivity contribution in [2.75, 3.05) is 6.61 Å². The van der Waals surface area contributed by atoms with Gasteiger partial charge in [0.1, 0.15) is 6.10 Å². The summed E-state index contributed by atoms with van der Waals surface area (Å²) < 4.78 is 11.3. The lowest BCUT2D eigenvalue weighted by Crippen LogP contribution is -2.37. The number of hydrogen-bond donors (Lipinski definition) is 0. The summed E-state index contributed by atoms with van der Waals surface area (Å²) in [6.45, 7) is 5.71. The quantitative estimate of drug-likeness (QED) is 0.168. The minimum atomic E-state index is -1.32. The van der Waals surface area contributed by atoms with Crippen LogP contribution in [0, 0.1) is 11.3 Å². The third-order valence-electron chi connectivity index (χ3n) is 5.79. The van der Waals surface area contributed by atoms with Crippen LogP contribution in [0.5, 0.6) is 0 Å². The highest BCUT2D eigenvalue weighted by Crippen LogP contribution is 2.33. The van der Waals surface area contributed by atoms with E-state index in [2.05, 4.69) is 19.1 Å². The Balaban J connectivity index is 1.95. The molecule has 0 aromatic heterocycles. The molecule has 0 saturated heterocycles. The summed E-state index contributed by atoms with van der Waals surface area (Å²) in [4.78, 5) is 25.5. The molecular weight excluding hydrogens is 376 g/mol. The minimum absolute atomic E-state index is 0.355. The van der Waals surface area contributed by atoms with Crippen molar-refractivity contribution in [2.24, 2.45) is 11.3 Å². The van der Waals surface area contributed by atoms with Gasteiger partial charge in [0, 0.05) is 0 Å². The molecule has 0 spiro atoms. The molecule has 2 atom stereocenters. The highest BCUT2D eigenvalue weighted by atomic mass is 16.6. The highest BCUT2D eigenvalue weighted by Gasteiger charge is 2.41. The van der Waals surface area contributed by atoms with Gasteiger partial charge in [0.2, 0.25) is 0 Å². The zero-order valence-electron chi connectivity index (χ0n) is 18.9. The molecule has 0 N–H and O–H groups in total. The molecule has 0 heterocycles. The van der Waals surface area contributed by atoms with Crippen molar-refractivity contribution in [1.82, 2.24) is 0 Å². The summed E-state index contributed by atoms with van der Waals surface area (Å²) in [5.74, 6) is -0.644. The van der Waals surface area contributed by atoms with E-state index in [0.29, 0.717) is 12.5 Å². The van der Waals surface area contributed by atoms with Gasteiger partial charge in [-0.25, -0.2) is 0 Å². The molecule has 2 unspecified atom stereocenters. The fourth-order valence-electron chi connectivity index (χ4n) is 3.68. The van der Waals surface area contributed by atoms with Gasteiger partial charge in [0.05, 0.1) is 6.61 Å². The molecule has 1 aliphatic carbocycles. The van der Waals surface area contributed by atoms with Crippen molar-refractivity contribution < 1.29 is 19.1 Å². The van der Waals surface area contributed by atoms with E-state index in [1.807, 2.05) is 30.3 Å². The van der Waals surface area contributed by atoms with Gasteiger partial charge in [-0.1, -0.05) is 75.1 Å². The van der Waals surface area contributed by atoms with E-state index >= 15 is 0 Å². The Hall–Kier alpha value is -2.10. The minimum Gasteiger partial charge on any atom is -0.465 e. The van der Waals surface area contributed by atoms with Crippen LogP contribution in [0.4, 0.5) is 0 Å². The van der Waals surface area contributed by atoms with Crippen molar-refractivity contribution in [2.45, 2.75) is 84.7 Å². The number of unbranched alkanes of at least 4 members (excludes halogenated alkanes) is 4. The topological polar surface area (TPSA) is 52.6 Å². The maximum absolute atomic E-state index is 13.0. The molecule has 0 amide bonds. The Morgan fingerprint density at radius 1 is 1.07 bits per heavy atom. The number of hydrogen-bond acceptors (Lipinski definition) is 4. The molecule has 30 heavy (non-hydrogen) atoms. The Morgan fingerprint density at radius 3 is 2.47 bits per heavy atom. The first-order chi connectivity index (χ1) is 14.4. The normalized spacial score (nSPS) is 17.4. The Bertz CT molecular complexity index is 678. The molecular formula is C26H38O4. The third-order valence-corrected chi connectivity index (χ3v) is 5.79. The standard InChI is InChI=1S/C26H38O4/c1-4-5-6-7-14-19-29-24(27)26(2,3)25(28)30-23(22-17-12-9-13-18-22)20-21-15-10-8-11-16-21/h9-10,12-13,15,17-18,21,23H,4-8,11,14,16,19-20H2,1-3H3. The summed E-state index contributed by atoms with van der Waals surface area (Å²) in [5, 5.41) is 0. The van der Waals surface area contributed by atoms with Crippen molar-refractivity contribution in [1.29, 1.82) is 0 Å². The fraction of sp³-hybridized carbons (Fsp3) is 0.615. The summed E-state index contributed by atoms with van der Waals surface area (Å²) in [7, 11) is 0. The number of rotatable bonds is 12. The first kappa shape index (κ1) is 24.2. The summed E-state index contributed by atoms with van der Waals surface area (Å²) in [5.41, 5.74) is -0.358. The van der Waals surface area contributed by atoms with Gasteiger partial charge < -0.3 is 9.47 Å². The van der Waals surface area contributed by atoms with Gasteiger partial charge in [-0.2, -0.15) is 0 Å². The van der Waals surface area contributed by atoms with Crippen LogP contribution >= 0.6 is 0 Å². The average molecular weight is 415 g/mol. The number of ether oxygens (including phenoxy) is 2. The maximum atomic E-state index is 13.0. The summed E-state index contributed by atoms with van der Waals surface area (Å²) >= 11 is 0. The van der Waals surface area contributed by atoms with Crippen molar-refractivity contribution in [3.63, 3.8) is 0 Å². The zero-order chi connectivity index (χ0) is 21.8. The lowest BCUT2D eigenvalue weighted by molar-refractivity contribution is -0.174. The number of benzene rings is 1. The fourth-order valence-corrected chi connectivity index (χ4v) is 3.68. The van der Waals surface area contributed by atoms with E-state index < -0.39 is 17.4 Å². The maximum Gasteiger partial charge on any atom is 0.323 e. The second kappa shape index (κ2) is 12.6. The molecule has 0 bridgehead atoms. The highest BCUT2D eigenvalue weighted by molar-refractivity contribution is 5.99. The molecule has 4 nitrogen and oxygen atoms in total. The Kier molecular flexibility index (Phi) is 10.1. The van der Waals surface area contributed by atoms with Crippen LogP contribution in [-0.4, -0.2) is 18.5 Å². The van der Waals surface area contributed by atoms with E-state index in [1.54, 1.807) is 13.8 Å². The average Bonchev–Trinajstić information content (AvgIpc) is 2.76. The Labute approximate surface area is 182 Å². The summed E-state index contributed by atoms with van der Waals surface area (Å²) in [6, 6.07) is 9.80. The third kappa shape index (κ3) is 7.62. The predicted molar refractivity (Wildman–Crippen MR) is 120 cm³/mol. The molecule has 1 aliphatic rings. The monoisotopic (exact) mass is 414 g/mol. The molecule has 166 valence electrons. The van der Waals surface area contributed by atoms with Gasteiger partial charge in [0.15, 0.2) is 5.41 Å². The van der Waals surface area contributed by atoms with E-state index in [1.165, 1.54) is 12.8 Å². The van der Waals surface area contributed by atoms with Crippen molar-refractivity contribution in [3.8, 4) is 0 Å². The van der Waals surface area contributed by atoms with Gasteiger partial charge >= 0.3 is 11.9 Å². The smallest absolute Gasteiger partial charge is 0.323 e. The van der Waals surface area contributed by atoms with Crippen LogP contribution in [0.1, 0.15) is 90.2 Å². The molecule has 1 aromatic rings. The molecule has 0 saturated carbocycles. The van der Waals surface area contributed by atoms with Gasteiger partial charge in [-0.3, -0.25) is 9.59 Å². The number of carbonyl (C=O) groups is 2. The predicted octanol–water partition coefficient (Wildman–Crippen LogP) is 6.56. The van der Waals surface area contributed by atoms with Gasteiger partial charge in [-0.15, -0.1) is 0 Å². The molecule has 0 fully saturated rings. The molecule has 0 radical (unpaired) electrons. The number of allylic oxidation sites excluding steroid dienone is 2. The van der Waals surface area contributed by atoms with Crippen LogP contribution in [0.3, 0.4) is 0 Å². The lowest BCUT2D eigenvalue weighted by Gasteiger charge is -2.28. The van der Waals surface area contributed by atoms with Gasteiger partial charge in [-0.05, 0) is 57.4 Å². The number of esters is 2. The van der Waals surface area contributed by atoms with E-state index in [-0.39, 0.29) is 6.10 Å². The zero-order valence-corrected chi connectivity index (χ0v) is 18.9. The largest absolute Gasteiger partial charge is 0.465 e. The Morgan fingerprint density at radius 2 is 1.80 bits per heavy atom. The number of carbonyl (C=O) groups excluding carboxylic acids is 2. The van der Waals surface area contributed by atoms with Crippen LogP contribution in [0.25, 0.3) is 0 Å². The van der Waals surface area contributed by atoms with Gasteiger partial charge in [0.25, 0.3) is 0 Å². The van der Waals surface area contributed by atoms with Crippen LogP contribution in [-0.2, 0) is 19.1 Å². The van der Waals surface area contributed by atoms with Crippen LogP contribution in [0.15, 0.2) is 42.5 Å². The second-order valence-corrected chi connectivity index (χ2v) is 8.83. The van der Waals surface area contributed by atoms with Crippen molar-refractivity contribution in [3.05, 3.63) is 48.0 Å². The second-order valence-electron chi connectivity index (χ2n) is 8.83. The molecule has 0 aliphatic heterocycles.